The lowest BCUT2D eigenvalue weighted by molar-refractivity contribution is 0.264. The van der Waals surface area contributed by atoms with Crippen LogP contribution in [0, 0.1) is 0 Å². The van der Waals surface area contributed by atoms with Crippen LogP contribution in [0.2, 0.25) is 0 Å². The predicted octanol–water partition coefficient (Wildman–Crippen LogP) is 6.04. The standard InChI is InChI=1S/C36H40N8O/c1-41-19-17-29(18-20-41)38-27-13-15-28(16-14-27)39-36-37-23-26-22-33(43(3)30-10-5-4-6-11-30)35(45)44(34(26)40-36)31-21-25-9-7-8-12-32(25)42(2)24-31/h4-16,22-23,29,31,38H,17-21,24H2,1-3H3,(H,37,39,40). The van der Waals surface area contributed by atoms with Crippen LogP contribution >= 0.6 is 0 Å². The van der Waals surface area contributed by atoms with Crippen molar-refractivity contribution in [2.45, 2.75) is 31.3 Å². The third-order valence-corrected chi connectivity index (χ3v) is 9.20. The third-order valence-electron chi connectivity index (χ3n) is 9.20. The molecule has 230 valence electrons. The number of pyridine rings is 1. The summed E-state index contributed by atoms with van der Waals surface area (Å²) in [6, 6.07) is 29.0. The van der Waals surface area contributed by atoms with Crippen molar-refractivity contribution in [3.63, 3.8) is 0 Å². The lowest BCUT2D eigenvalue weighted by Gasteiger charge is -2.35. The second-order valence-electron chi connectivity index (χ2n) is 12.4. The van der Waals surface area contributed by atoms with Gasteiger partial charge in [-0.05, 0) is 93.5 Å². The van der Waals surface area contributed by atoms with Crippen molar-refractivity contribution in [3.8, 4) is 0 Å². The van der Waals surface area contributed by atoms with Crippen molar-refractivity contribution in [2.24, 2.45) is 0 Å². The number of fused-ring (bicyclic) bond motifs is 2. The van der Waals surface area contributed by atoms with Gasteiger partial charge in [0.2, 0.25) is 5.95 Å². The molecule has 45 heavy (non-hydrogen) atoms. The monoisotopic (exact) mass is 600 g/mol. The molecule has 0 spiro atoms. The second kappa shape index (κ2) is 12.2. The number of hydrogen-bond donors (Lipinski definition) is 2. The van der Waals surface area contributed by atoms with Gasteiger partial charge in [-0.3, -0.25) is 9.36 Å². The second-order valence-corrected chi connectivity index (χ2v) is 12.4. The van der Waals surface area contributed by atoms with E-state index in [0.29, 0.717) is 29.9 Å². The molecule has 1 fully saturated rings. The van der Waals surface area contributed by atoms with Crippen LogP contribution in [-0.4, -0.2) is 66.3 Å². The molecule has 4 heterocycles. The molecule has 1 saturated heterocycles. The van der Waals surface area contributed by atoms with Crippen molar-refractivity contribution < 1.29 is 0 Å². The van der Waals surface area contributed by atoms with Gasteiger partial charge in [-0.15, -0.1) is 0 Å². The molecule has 7 rings (SSSR count). The molecular formula is C36H40N8O. The highest BCUT2D eigenvalue weighted by Crippen LogP contribution is 2.33. The highest BCUT2D eigenvalue weighted by Gasteiger charge is 2.28. The van der Waals surface area contributed by atoms with Crippen molar-refractivity contribution in [3.05, 3.63) is 107 Å². The van der Waals surface area contributed by atoms with Crippen LogP contribution in [0.3, 0.4) is 0 Å². The summed E-state index contributed by atoms with van der Waals surface area (Å²) in [5, 5.41) is 7.87. The van der Waals surface area contributed by atoms with Crippen LogP contribution in [0.25, 0.3) is 11.0 Å². The minimum Gasteiger partial charge on any atom is -0.382 e. The number of para-hydroxylation sites is 2. The average Bonchev–Trinajstić information content (AvgIpc) is 3.06. The van der Waals surface area contributed by atoms with E-state index in [2.05, 4.69) is 75.9 Å². The number of aromatic nitrogens is 3. The molecule has 3 aromatic carbocycles. The first-order valence-electron chi connectivity index (χ1n) is 15.8. The highest BCUT2D eigenvalue weighted by molar-refractivity contribution is 5.81. The largest absolute Gasteiger partial charge is 0.382 e. The van der Waals surface area contributed by atoms with Crippen molar-refractivity contribution in [2.75, 3.05) is 61.2 Å². The van der Waals surface area contributed by atoms with Crippen LogP contribution in [0.4, 0.5) is 34.4 Å². The van der Waals surface area contributed by atoms with Crippen LogP contribution in [0.1, 0.15) is 24.4 Å². The van der Waals surface area contributed by atoms with E-state index in [9.17, 15) is 4.79 Å². The molecule has 2 aromatic heterocycles. The quantitative estimate of drug-likeness (QED) is 0.234. The molecule has 2 aliphatic heterocycles. The lowest BCUT2D eigenvalue weighted by Crippen LogP contribution is -2.39. The van der Waals surface area contributed by atoms with E-state index in [1.807, 2.05) is 71.2 Å². The number of benzene rings is 3. The topological polar surface area (TPSA) is 81.6 Å². The van der Waals surface area contributed by atoms with Gasteiger partial charge in [0, 0.05) is 61.0 Å². The highest BCUT2D eigenvalue weighted by atomic mass is 16.1. The Balaban J connectivity index is 1.23. The van der Waals surface area contributed by atoms with Gasteiger partial charge in [0.15, 0.2) is 0 Å². The number of likely N-dealkylation sites (tertiary alicyclic amines) is 1. The van der Waals surface area contributed by atoms with Crippen LogP contribution in [-0.2, 0) is 6.42 Å². The first-order chi connectivity index (χ1) is 21.9. The van der Waals surface area contributed by atoms with E-state index >= 15 is 0 Å². The molecular weight excluding hydrogens is 560 g/mol. The Morgan fingerprint density at radius 1 is 0.889 bits per heavy atom. The Hall–Kier alpha value is -4.89. The number of rotatable bonds is 7. The van der Waals surface area contributed by atoms with Gasteiger partial charge < -0.3 is 25.3 Å². The van der Waals surface area contributed by atoms with Crippen LogP contribution in [0.15, 0.2) is 95.9 Å². The maximum atomic E-state index is 14.4. The van der Waals surface area contributed by atoms with E-state index in [4.69, 9.17) is 4.98 Å². The van der Waals surface area contributed by atoms with Crippen LogP contribution < -0.4 is 26.0 Å². The fourth-order valence-corrected chi connectivity index (χ4v) is 6.66. The molecule has 5 aromatic rings. The minimum absolute atomic E-state index is 0.0689. The summed E-state index contributed by atoms with van der Waals surface area (Å²) in [5.74, 6) is 0.459. The summed E-state index contributed by atoms with van der Waals surface area (Å²) in [6.45, 7) is 2.94. The third kappa shape index (κ3) is 5.95. The number of hydrogen-bond acceptors (Lipinski definition) is 8. The van der Waals surface area contributed by atoms with Crippen molar-refractivity contribution in [1.29, 1.82) is 0 Å². The summed E-state index contributed by atoms with van der Waals surface area (Å²) in [7, 11) is 6.21. The molecule has 2 N–H and O–H groups in total. The molecule has 9 heteroatoms. The molecule has 0 radical (unpaired) electrons. The van der Waals surface area contributed by atoms with Crippen LogP contribution in [0.5, 0.6) is 0 Å². The summed E-state index contributed by atoms with van der Waals surface area (Å²) in [6.07, 6.45) is 4.86. The molecule has 0 aliphatic carbocycles. The van der Waals surface area contributed by atoms with Crippen molar-refractivity contribution in [1.82, 2.24) is 19.4 Å². The van der Waals surface area contributed by atoms with Gasteiger partial charge in [-0.25, -0.2) is 4.98 Å². The van der Waals surface area contributed by atoms with Gasteiger partial charge in [0.1, 0.15) is 11.3 Å². The van der Waals surface area contributed by atoms with Gasteiger partial charge in [0.25, 0.3) is 5.56 Å². The summed E-state index contributed by atoms with van der Waals surface area (Å²) in [4.78, 5) is 30.6. The summed E-state index contributed by atoms with van der Waals surface area (Å²) < 4.78 is 1.89. The number of piperidine rings is 1. The SMILES string of the molecule is CN1CCC(Nc2ccc(Nc3ncc4cc(N(C)c5ccccc5)c(=O)n(C5Cc6ccccc6N(C)C5)c4n3)cc2)CC1. The molecule has 0 bridgehead atoms. The fourth-order valence-electron chi connectivity index (χ4n) is 6.66. The zero-order valence-electron chi connectivity index (χ0n) is 26.1. The maximum absolute atomic E-state index is 14.4. The Morgan fingerprint density at radius 3 is 2.38 bits per heavy atom. The minimum atomic E-state index is -0.100. The van der Waals surface area contributed by atoms with Gasteiger partial charge >= 0.3 is 0 Å². The number of anilines is 6. The molecule has 2 aliphatic rings. The Labute approximate surface area is 264 Å². The summed E-state index contributed by atoms with van der Waals surface area (Å²) >= 11 is 0. The number of nitrogens with zero attached hydrogens (tertiary/aromatic N) is 6. The van der Waals surface area contributed by atoms with E-state index in [1.165, 1.54) is 11.3 Å². The van der Waals surface area contributed by atoms with Crippen molar-refractivity contribution >= 4 is 45.4 Å². The smallest absolute Gasteiger partial charge is 0.276 e. The molecule has 0 amide bonds. The molecule has 1 atom stereocenters. The molecule has 9 nitrogen and oxygen atoms in total. The zero-order valence-corrected chi connectivity index (χ0v) is 26.1. The zero-order chi connectivity index (χ0) is 30.9. The molecule has 1 unspecified atom stereocenters. The van der Waals surface area contributed by atoms with Gasteiger partial charge in [-0.2, -0.15) is 4.98 Å². The number of likely N-dealkylation sites (N-methyl/N-ethyl adjacent to an activating group) is 1. The lowest BCUT2D eigenvalue weighted by atomic mass is 9.98. The van der Waals surface area contributed by atoms with E-state index in [0.717, 1.165) is 54.8 Å². The Bertz CT molecular complexity index is 1850. The normalized spacial score (nSPS) is 17.2. The fraction of sp³-hybridized carbons (Fsp3) is 0.306. The van der Waals surface area contributed by atoms with Gasteiger partial charge in [-0.1, -0.05) is 36.4 Å². The van der Waals surface area contributed by atoms with E-state index < -0.39 is 0 Å². The summed E-state index contributed by atoms with van der Waals surface area (Å²) in [5.41, 5.74) is 6.52. The first-order valence-corrected chi connectivity index (χ1v) is 15.8. The predicted molar refractivity (Wildman–Crippen MR) is 185 cm³/mol. The van der Waals surface area contributed by atoms with Gasteiger partial charge in [0.05, 0.1) is 6.04 Å². The van der Waals surface area contributed by atoms with E-state index in [-0.39, 0.29) is 11.6 Å². The Morgan fingerprint density at radius 2 is 1.60 bits per heavy atom. The number of nitrogens with one attached hydrogen (secondary N) is 2. The van der Waals surface area contributed by atoms with E-state index in [1.54, 1.807) is 0 Å². The first kappa shape index (κ1) is 28.9. The average molecular weight is 601 g/mol. The Kier molecular flexibility index (Phi) is 7.85. The molecule has 0 saturated carbocycles. The maximum Gasteiger partial charge on any atom is 0.276 e.